The summed E-state index contributed by atoms with van der Waals surface area (Å²) in [5, 5.41) is 4.33. The van der Waals surface area contributed by atoms with Crippen molar-refractivity contribution in [3.05, 3.63) is 65.7 Å². The van der Waals surface area contributed by atoms with Gasteiger partial charge >= 0.3 is 0 Å². The van der Waals surface area contributed by atoms with E-state index in [1.165, 1.54) is 5.56 Å². The molecule has 0 N–H and O–H groups in total. The number of oxime groups is 1. The molecule has 0 aromatic heterocycles. The molecular weight excluding hydrogens is 312 g/mol. The maximum absolute atomic E-state index is 5.69. The first-order valence-corrected chi connectivity index (χ1v) is 8.50. The Morgan fingerprint density at radius 1 is 1.16 bits per heavy atom. The van der Waals surface area contributed by atoms with Crippen molar-refractivity contribution >= 4 is 5.71 Å². The van der Waals surface area contributed by atoms with Crippen LogP contribution in [-0.4, -0.2) is 36.4 Å². The highest BCUT2D eigenvalue weighted by atomic mass is 16.6. The molecule has 25 heavy (non-hydrogen) atoms. The predicted molar refractivity (Wildman–Crippen MR) is 97.4 cm³/mol. The van der Waals surface area contributed by atoms with Gasteiger partial charge in [0.05, 0.1) is 11.6 Å². The Morgan fingerprint density at radius 2 is 2.04 bits per heavy atom. The summed E-state index contributed by atoms with van der Waals surface area (Å²) >= 11 is 0. The van der Waals surface area contributed by atoms with Crippen LogP contribution in [0.15, 0.2) is 59.8 Å². The normalized spacial score (nSPS) is 22.0. The van der Waals surface area contributed by atoms with Gasteiger partial charge in [-0.25, -0.2) is 0 Å². The number of hydrogen-bond donors (Lipinski definition) is 0. The van der Waals surface area contributed by atoms with Crippen molar-refractivity contribution in [2.75, 3.05) is 19.7 Å². The molecule has 0 unspecified atom stereocenters. The highest BCUT2D eigenvalue weighted by Gasteiger charge is 2.42. The Bertz CT molecular complexity index is 810. The van der Waals surface area contributed by atoms with E-state index >= 15 is 0 Å². The van der Waals surface area contributed by atoms with E-state index in [1.54, 1.807) is 0 Å². The van der Waals surface area contributed by atoms with Crippen molar-refractivity contribution in [2.45, 2.75) is 12.6 Å². The van der Waals surface area contributed by atoms with Gasteiger partial charge in [-0.15, -0.1) is 6.42 Å². The fourth-order valence-electron chi connectivity index (χ4n) is 3.54. The van der Waals surface area contributed by atoms with E-state index in [0.29, 0.717) is 12.5 Å². The summed E-state index contributed by atoms with van der Waals surface area (Å²) in [6.45, 7) is 3.00. The van der Waals surface area contributed by atoms with Crippen molar-refractivity contribution in [3.8, 4) is 18.1 Å². The van der Waals surface area contributed by atoms with Crippen molar-refractivity contribution < 1.29 is 9.57 Å². The Labute approximate surface area is 148 Å². The van der Waals surface area contributed by atoms with Gasteiger partial charge in [-0.3, -0.25) is 4.90 Å². The molecule has 4 rings (SSSR count). The first-order chi connectivity index (χ1) is 12.3. The number of benzene rings is 2. The van der Waals surface area contributed by atoms with Gasteiger partial charge in [0, 0.05) is 19.6 Å². The van der Waals surface area contributed by atoms with E-state index in [2.05, 4.69) is 40.2 Å². The van der Waals surface area contributed by atoms with E-state index in [-0.39, 0.29) is 6.10 Å². The highest BCUT2D eigenvalue weighted by Crippen LogP contribution is 2.31. The predicted octanol–water partition coefficient (Wildman–Crippen LogP) is 2.93. The largest absolute Gasteiger partial charge is 0.481 e. The van der Waals surface area contributed by atoms with Crippen LogP contribution in [0.1, 0.15) is 11.1 Å². The van der Waals surface area contributed by atoms with Crippen molar-refractivity contribution in [1.82, 2.24) is 4.90 Å². The summed E-state index contributed by atoms with van der Waals surface area (Å²) in [4.78, 5) is 8.10. The number of rotatable bonds is 5. The average Bonchev–Trinajstić information content (AvgIpc) is 3.21. The van der Waals surface area contributed by atoms with Gasteiger partial charge in [0.15, 0.2) is 0 Å². The molecule has 4 nitrogen and oxygen atoms in total. The molecule has 2 atom stereocenters. The number of fused-ring (bicyclic) bond motifs is 1. The minimum absolute atomic E-state index is 0.149. The summed E-state index contributed by atoms with van der Waals surface area (Å²) in [6.07, 6.45) is 5.40. The smallest absolute Gasteiger partial charge is 0.149 e. The highest BCUT2D eigenvalue weighted by molar-refractivity contribution is 6.03. The zero-order valence-corrected chi connectivity index (χ0v) is 14.0. The molecule has 2 aliphatic heterocycles. The van der Waals surface area contributed by atoms with Crippen LogP contribution in [0.4, 0.5) is 0 Å². The third kappa shape index (κ3) is 3.38. The van der Waals surface area contributed by atoms with E-state index < -0.39 is 0 Å². The van der Waals surface area contributed by atoms with Crippen LogP contribution in [0.3, 0.4) is 0 Å². The third-order valence-corrected chi connectivity index (χ3v) is 4.68. The number of nitrogens with zero attached hydrogens (tertiary/aromatic N) is 2. The lowest BCUT2D eigenvalue weighted by molar-refractivity contribution is 0.0745. The summed E-state index contributed by atoms with van der Waals surface area (Å²) < 4.78 is 5.51. The summed E-state index contributed by atoms with van der Waals surface area (Å²) in [5.74, 6) is 3.65. The second kappa shape index (κ2) is 7.00. The zero-order valence-electron chi connectivity index (χ0n) is 14.0. The molecule has 1 fully saturated rings. The van der Waals surface area contributed by atoms with Crippen LogP contribution >= 0.6 is 0 Å². The number of hydrogen-bond acceptors (Lipinski definition) is 4. The van der Waals surface area contributed by atoms with Crippen LogP contribution < -0.4 is 4.74 Å². The fourth-order valence-corrected chi connectivity index (χ4v) is 3.54. The van der Waals surface area contributed by atoms with Crippen LogP contribution in [-0.2, 0) is 11.4 Å². The molecule has 0 spiro atoms. The zero-order chi connectivity index (χ0) is 17.1. The second-order valence-electron chi connectivity index (χ2n) is 6.43. The number of terminal acetylenes is 1. The maximum atomic E-state index is 5.69. The lowest BCUT2D eigenvalue weighted by atomic mass is 9.95. The molecule has 0 amide bonds. The minimum atomic E-state index is 0.149. The molecule has 0 radical (unpaired) electrons. The third-order valence-electron chi connectivity index (χ3n) is 4.68. The Kier molecular flexibility index (Phi) is 4.41. The Morgan fingerprint density at radius 3 is 2.88 bits per heavy atom. The topological polar surface area (TPSA) is 34.1 Å². The molecule has 0 saturated carbocycles. The van der Waals surface area contributed by atoms with E-state index in [0.717, 1.165) is 36.7 Å². The molecule has 126 valence electrons. The van der Waals surface area contributed by atoms with Gasteiger partial charge in [0.1, 0.15) is 18.5 Å². The van der Waals surface area contributed by atoms with Crippen LogP contribution in [0, 0.1) is 18.3 Å². The maximum Gasteiger partial charge on any atom is 0.149 e. The van der Waals surface area contributed by atoms with Crippen molar-refractivity contribution in [2.24, 2.45) is 11.1 Å². The average molecular weight is 332 g/mol. The summed E-state index contributed by atoms with van der Waals surface area (Å²) in [5.41, 5.74) is 3.44. The number of ether oxygens (including phenoxy) is 1. The molecule has 2 heterocycles. The number of likely N-dealkylation sites (tertiary alicyclic amines) is 1. The van der Waals surface area contributed by atoms with Crippen LogP contribution in [0.25, 0.3) is 0 Å². The van der Waals surface area contributed by atoms with E-state index in [9.17, 15) is 0 Å². The van der Waals surface area contributed by atoms with E-state index in [4.69, 9.17) is 16.0 Å². The quantitative estimate of drug-likeness (QED) is 0.790. The molecular formula is C21H20N2O2. The summed E-state index contributed by atoms with van der Waals surface area (Å²) in [6, 6.07) is 18.4. The van der Waals surface area contributed by atoms with Gasteiger partial charge in [-0.2, -0.15) is 0 Å². The van der Waals surface area contributed by atoms with Gasteiger partial charge < -0.3 is 9.57 Å². The first-order valence-electron chi connectivity index (χ1n) is 8.50. The Hall–Kier alpha value is -2.77. The fraction of sp³-hybridized carbons (Fsp3) is 0.286. The van der Waals surface area contributed by atoms with Crippen LogP contribution in [0.2, 0.25) is 0 Å². The van der Waals surface area contributed by atoms with Gasteiger partial charge in [0.2, 0.25) is 0 Å². The molecule has 4 heteroatoms. The lowest BCUT2D eigenvalue weighted by Crippen LogP contribution is -2.23. The monoisotopic (exact) mass is 332 g/mol. The van der Waals surface area contributed by atoms with Crippen LogP contribution in [0.5, 0.6) is 5.75 Å². The summed E-state index contributed by atoms with van der Waals surface area (Å²) in [7, 11) is 0. The lowest BCUT2D eigenvalue weighted by Gasteiger charge is -2.17. The van der Waals surface area contributed by atoms with Crippen molar-refractivity contribution in [3.63, 3.8) is 0 Å². The van der Waals surface area contributed by atoms with Crippen molar-refractivity contribution in [1.29, 1.82) is 0 Å². The second-order valence-corrected chi connectivity index (χ2v) is 6.43. The molecule has 2 aromatic rings. The molecule has 0 aliphatic carbocycles. The van der Waals surface area contributed by atoms with E-state index in [1.807, 2.05) is 30.3 Å². The van der Waals surface area contributed by atoms with Gasteiger partial charge in [-0.05, 0) is 23.3 Å². The first kappa shape index (κ1) is 15.7. The molecule has 2 aliphatic rings. The van der Waals surface area contributed by atoms with Gasteiger partial charge in [0.25, 0.3) is 0 Å². The minimum Gasteiger partial charge on any atom is -0.481 e. The Balaban J connectivity index is 1.42. The van der Waals surface area contributed by atoms with Gasteiger partial charge in [-0.1, -0.05) is 53.5 Å². The molecule has 1 saturated heterocycles. The standard InChI is InChI=1S/C21H20N2O2/c1-2-11-24-18-10-6-7-16(12-18)13-23-14-19-20(15-23)25-22-21(19)17-8-4-3-5-9-17/h1,3-10,12,19-20H,11,13-15H2/t19-,20-/m0/s1. The molecule has 2 aromatic carbocycles. The molecule has 0 bridgehead atoms. The SMILES string of the molecule is C#CCOc1cccc(CN2C[C@@H]3ON=C(c4ccccc4)[C@H]3C2)c1.